The van der Waals surface area contributed by atoms with Crippen molar-refractivity contribution in [2.45, 2.75) is 175 Å². The van der Waals surface area contributed by atoms with Crippen molar-refractivity contribution in [1.82, 2.24) is 4.90 Å². The van der Waals surface area contributed by atoms with Crippen LogP contribution in [0.15, 0.2) is 0 Å². The molecule has 1 amide bonds. The van der Waals surface area contributed by atoms with Crippen LogP contribution >= 0.6 is 0 Å². The molecule has 8 heteroatoms. The number of hydrogen-bond acceptors (Lipinski definition) is 7. The van der Waals surface area contributed by atoms with Crippen LogP contribution in [0.3, 0.4) is 0 Å². The van der Waals surface area contributed by atoms with Gasteiger partial charge in [0.2, 0.25) is 5.91 Å². The van der Waals surface area contributed by atoms with Crippen LogP contribution in [0.25, 0.3) is 0 Å². The highest BCUT2D eigenvalue weighted by molar-refractivity contribution is 5.76. The summed E-state index contributed by atoms with van der Waals surface area (Å²) in [5.74, 6) is 0.871. The van der Waals surface area contributed by atoms with Crippen molar-refractivity contribution in [2.24, 2.45) is 5.92 Å². The van der Waals surface area contributed by atoms with Gasteiger partial charge in [-0.25, -0.2) is 0 Å². The Morgan fingerprint density at radius 1 is 0.510 bits per heavy atom. The van der Waals surface area contributed by atoms with Crippen molar-refractivity contribution < 1.29 is 33.6 Å². The maximum Gasteiger partial charge on any atom is 0.224 e. The number of hydrogen-bond donors (Lipinski definition) is 1. The highest BCUT2D eigenvalue weighted by Crippen LogP contribution is 2.23. The summed E-state index contributed by atoms with van der Waals surface area (Å²) < 4.78 is 29.1. The predicted octanol–water partition coefficient (Wildman–Crippen LogP) is 9.54. The van der Waals surface area contributed by atoms with Crippen LogP contribution in [0, 0.1) is 5.92 Å². The van der Waals surface area contributed by atoms with Crippen molar-refractivity contribution in [1.29, 1.82) is 0 Å². The second kappa shape index (κ2) is 40.0. The molecule has 0 heterocycles. The third-order valence-electron chi connectivity index (χ3n) is 9.38. The van der Waals surface area contributed by atoms with Crippen LogP contribution in [0.2, 0.25) is 0 Å². The first-order valence-corrected chi connectivity index (χ1v) is 20.9. The van der Waals surface area contributed by atoms with Gasteiger partial charge in [-0.15, -0.1) is 0 Å². The first kappa shape index (κ1) is 48.2. The molecule has 0 radical (unpaired) electrons. The Morgan fingerprint density at radius 2 is 1.00 bits per heavy atom. The molecule has 0 rings (SSSR count). The Hall–Kier alpha value is -0.770. The van der Waals surface area contributed by atoms with Crippen molar-refractivity contribution in [3.63, 3.8) is 0 Å². The van der Waals surface area contributed by atoms with Crippen LogP contribution < -0.4 is 0 Å². The number of carbonyl (C=O) groups excluding carboxylic acids is 1. The van der Waals surface area contributed by atoms with E-state index in [1.807, 2.05) is 4.90 Å². The lowest BCUT2D eigenvalue weighted by atomic mass is 9.91. The molecule has 0 aliphatic carbocycles. The highest BCUT2D eigenvalue weighted by Gasteiger charge is 2.17. The number of carbonyl (C=O) groups is 1. The molecule has 0 saturated carbocycles. The molecule has 1 N–H and O–H groups in total. The van der Waals surface area contributed by atoms with E-state index in [0.29, 0.717) is 71.2 Å². The van der Waals surface area contributed by atoms with Gasteiger partial charge >= 0.3 is 0 Å². The molecular formula is C41H83NO7. The van der Waals surface area contributed by atoms with E-state index < -0.39 is 0 Å². The van der Waals surface area contributed by atoms with Crippen molar-refractivity contribution >= 4 is 5.91 Å². The van der Waals surface area contributed by atoms with Crippen LogP contribution in [0.5, 0.6) is 0 Å². The fraction of sp³-hybridized carbons (Fsp3) is 0.976. The monoisotopic (exact) mass is 702 g/mol. The van der Waals surface area contributed by atoms with Gasteiger partial charge in [0.25, 0.3) is 0 Å². The molecule has 2 unspecified atom stereocenters. The smallest absolute Gasteiger partial charge is 0.224 e. The SMILES string of the molecule is CCCCCCCCN(CCOCCOCCOCCCCCO)C(=O)CCOCCCCCCOC(C)C(CCCC)CCCCCC. The van der Waals surface area contributed by atoms with Gasteiger partial charge in [-0.05, 0) is 64.2 Å². The molecule has 0 aliphatic rings. The van der Waals surface area contributed by atoms with Crippen LogP contribution in [-0.2, 0) is 28.5 Å². The van der Waals surface area contributed by atoms with E-state index >= 15 is 0 Å². The minimum atomic E-state index is 0.165. The van der Waals surface area contributed by atoms with Gasteiger partial charge in [-0.2, -0.15) is 0 Å². The van der Waals surface area contributed by atoms with Gasteiger partial charge in [0.15, 0.2) is 0 Å². The predicted molar refractivity (Wildman–Crippen MR) is 204 cm³/mol. The lowest BCUT2D eigenvalue weighted by molar-refractivity contribution is -0.133. The number of nitrogens with zero attached hydrogens (tertiary/aromatic N) is 1. The molecule has 0 bridgehead atoms. The summed E-state index contributed by atoms with van der Waals surface area (Å²) in [4.78, 5) is 15.0. The first-order valence-electron chi connectivity index (χ1n) is 20.9. The van der Waals surface area contributed by atoms with Gasteiger partial charge in [0.05, 0.1) is 52.2 Å². The van der Waals surface area contributed by atoms with E-state index in [4.69, 9.17) is 28.8 Å². The van der Waals surface area contributed by atoms with Gasteiger partial charge in [0.1, 0.15) is 0 Å². The lowest BCUT2D eigenvalue weighted by Gasteiger charge is -2.24. The number of amides is 1. The van der Waals surface area contributed by atoms with Gasteiger partial charge in [0, 0.05) is 39.5 Å². The molecule has 2 atom stereocenters. The Morgan fingerprint density at radius 3 is 1.65 bits per heavy atom. The molecular weight excluding hydrogens is 618 g/mol. The largest absolute Gasteiger partial charge is 0.396 e. The molecule has 0 aromatic heterocycles. The standard InChI is InChI=1S/C41H83NO7/c1-5-8-11-13-14-19-27-42(28-34-47-36-38-48-37-35-46-31-22-17-20-29-43)41(44)26-33-45-30-21-15-16-23-32-49-39(4)40(24-10-7-3)25-18-12-9-6-2/h39-40,43H,5-38H2,1-4H3. The Kier molecular flexibility index (Phi) is 39.4. The second-order valence-electron chi connectivity index (χ2n) is 13.9. The highest BCUT2D eigenvalue weighted by atomic mass is 16.5. The normalized spacial score (nSPS) is 12.8. The van der Waals surface area contributed by atoms with E-state index in [1.54, 1.807) is 0 Å². The zero-order chi connectivity index (χ0) is 35.9. The summed E-state index contributed by atoms with van der Waals surface area (Å²) in [6.45, 7) is 16.2. The van der Waals surface area contributed by atoms with E-state index in [2.05, 4.69) is 27.7 Å². The quantitative estimate of drug-likeness (QED) is 0.0636. The summed E-state index contributed by atoms with van der Waals surface area (Å²) in [5, 5.41) is 8.80. The average Bonchev–Trinajstić information content (AvgIpc) is 3.11. The average molecular weight is 702 g/mol. The first-order chi connectivity index (χ1) is 24.1. The minimum absolute atomic E-state index is 0.165. The zero-order valence-corrected chi connectivity index (χ0v) is 33.0. The molecule has 0 aliphatic heterocycles. The number of aliphatic hydroxyl groups is 1. The van der Waals surface area contributed by atoms with E-state index in [-0.39, 0.29) is 12.5 Å². The van der Waals surface area contributed by atoms with E-state index in [1.165, 1.54) is 89.9 Å². The van der Waals surface area contributed by atoms with Gasteiger partial charge < -0.3 is 33.7 Å². The molecule has 0 aromatic rings. The molecule has 0 aromatic carbocycles. The van der Waals surface area contributed by atoms with E-state index in [9.17, 15) is 4.79 Å². The molecule has 0 saturated heterocycles. The number of unbranched alkanes of at least 4 members (excludes halogenated alkanes) is 14. The second-order valence-corrected chi connectivity index (χ2v) is 13.9. The van der Waals surface area contributed by atoms with Gasteiger partial charge in [-0.1, -0.05) is 104 Å². The van der Waals surface area contributed by atoms with E-state index in [0.717, 1.165) is 64.7 Å². The molecule has 8 nitrogen and oxygen atoms in total. The lowest BCUT2D eigenvalue weighted by Crippen LogP contribution is -2.35. The summed E-state index contributed by atoms with van der Waals surface area (Å²) in [6.07, 6.45) is 25.9. The summed E-state index contributed by atoms with van der Waals surface area (Å²) in [6, 6.07) is 0. The summed E-state index contributed by atoms with van der Waals surface area (Å²) in [5.41, 5.74) is 0. The molecule has 49 heavy (non-hydrogen) atoms. The Bertz CT molecular complexity index is 653. The maximum atomic E-state index is 13.0. The van der Waals surface area contributed by atoms with Crippen LogP contribution in [0.1, 0.15) is 169 Å². The topological polar surface area (TPSA) is 86.7 Å². The zero-order valence-electron chi connectivity index (χ0n) is 33.0. The summed E-state index contributed by atoms with van der Waals surface area (Å²) >= 11 is 0. The minimum Gasteiger partial charge on any atom is -0.396 e. The Labute approximate surface area is 304 Å². The third-order valence-corrected chi connectivity index (χ3v) is 9.38. The van der Waals surface area contributed by atoms with Crippen molar-refractivity contribution in [3.8, 4) is 0 Å². The van der Waals surface area contributed by atoms with Crippen molar-refractivity contribution in [3.05, 3.63) is 0 Å². The molecule has 294 valence electrons. The molecule has 0 spiro atoms. The fourth-order valence-electron chi connectivity index (χ4n) is 6.05. The van der Waals surface area contributed by atoms with Crippen LogP contribution in [-0.4, -0.2) is 101 Å². The number of aliphatic hydroxyl groups excluding tert-OH is 1. The molecule has 0 fully saturated rings. The fourth-order valence-corrected chi connectivity index (χ4v) is 6.05. The number of rotatable bonds is 41. The number of ether oxygens (including phenoxy) is 5. The Balaban J connectivity index is 4.10. The van der Waals surface area contributed by atoms with Crippen LogP contribution in [0.4, 0.5) is 0 Å². The van der Waals surface area contributed by atoms with Gasteiger partial charge in [-0.3, -0.25) is 4.79 Å². The third kappa shape index (κ3) is 34.1. The maximum absolute atomic E-state index is 13.0. The van der Waals surface area contributed by atoms with Crippen molar-refractivity contribution in [2.75, 3.05) is 79.2 Å². The summed E-state index contributed by atoms with van der Waals surface area (Å²) in [7, 11) is 0.